The molecule has 1 amide bonds. The Morgan fingerprint density at radius 3 is 2.82 bits per heavy atom. The number of para-hydroxylation sites is 1. The number of nitrogens with zero attached hydrogens (tertiary/aromatic N) is 2. The highest BCUT2D eigenvalue weighted by molar-refractivity contribution is 6.33. The molecule has 0 atom stereocenters. The van der Waals surface area contributed by atoms with Gasteiger partial charge in [-0.05, 0) is 24.3 Å². The first-order chi connectivity index (χ1) is 13.6. The summed E-state index contributed by atoms with van der Waals surface area (Å²) in [6.45, 7) is -0.0774. The first-order valence-electron chi connectivity index (χ1n) is 8.60. The fraction of sp³-hybridized carbons (Fsp3) is 0.0500. The van der Waals surface area contributed by atoms with Crippen molar-refractivity contribution in [2.24, 2.45) is 5.73 Å². The van der Waals surface area contributed by atoms with Gasteiger partial charge in [-0.25, -0.2) is 9.97 Å². The molecule has 0 unspecified atom stereocenters. The van der Waals surface area contributed by atoms with Crippen LogP contribution in [0, 0.1) is 0 Å². The van der Waals surface area contributed by atoms with Gasteiger partial charge in [0.2, 0.25) is 11.9 Å². The van der Waals surface area contributed by atoms with Crippen LogP contribution in [0.25, 0.3) is 22.2 Å². The third kappa shape index (κ3) is 3.66. The van der Waals surface area contributed by atoms with E-state index in [1.165, 1.54) is 0 Å². The molecule has 0 fully saturated rings. The van der Waals surface area contributed by atoms with Crippen LogP contribution in [0.1, 0.15) is 0 Å². The number of nitrogens with two attached hydrogens (primary N) is 1. The zero-order chi connectivity index (χ0) is 19.5. The fourth-order valence-electron chi connectivity index (χ4n) is 2.90. The van der Waals surface area contributed by atoms with Crippen molar-refractivity contribution in [2.75, 3.05) is 17.2 Å². The lowest BCUT2D eigenvalue weighted by Gasteiger charge is -2.10. The van der Waals surface area contributed by atoms with Gasteiger partial charge in [0.05, 0.1) is 23.5 Å². The van der Waals surface area contributed by atoms with Gasteiger partial charge in [-0.3, -0.25) is 4.79 Å². The molecule has 7 nitrogen and oxygen atoms in total. The van der Waals surface area contributed by atoms with E-state index < -0.39 is 0 Å². The summed E-state index contributed by atoms with van der Waals surface area (Å²) in [5.74, 6) is 0.133. The van der Waals surface area contributed by atoms with Crippen molar-refractivity contribution in [3.63, 3.8) is 0 Å². The van der Waals surface area contributed by atoms with Crippen molar-refractivity contribution in [1.29, 1.82) is 0 Å². The lowest BCUT2D eigenvalue weighted by atomic mass is 10.1. The van der Waals surface area contributed by atoms with Crippen LogP contribution in [0.2, 0.25) is 5.02 Å². The Morgan fingerprint density at radius 1 is 1.14 bits per heavy atom. The Bertz CT molecular complexity index is 1160. The molecule has 0 spiro atoms. The van der Waals surface area contributed by atoms with E-state index >= 15 is 0 Å². The molecule has 0 aliphatic rings. The second-order valence-electron chi connectivity index (χ2n) is 6.10. The number of rotatable bonds is 5. The highest BCUT2D eigenvalue weighted by Crippen LogP contribution is 2.32. The number of nitrogens with one attached hydrogen (secondary N) is 3. The van der Waals surface area contributed by atoms with Crippen LogP contribution >= 0.6 is 11.6 Å². The molecule has 28 heavy (non-hydrogen) atoms. The molecule has 4 aromatic rings. The van der Waals surface area contributed by atoms with Gasteiger partial charge in [0.15, 0.2) is 0 Å². The Balaban J connectivity index is 1.65. The minimum Gasteiger partial charge on any atom is -0.360 e. The monoisotopic (exact) mass is 392 g/mol. The molecule has 0 aliphatic heterocycles. The molecule has 0 radical (unpaired) electrons. The minimum absolute atomic E-state index is 0.0774. The zero-order valence-electron chi connectivity index (χ0n) is 14.7. The van der Waals surface area contributed by atoms with Crippen molar-refractivity contribution >= 4 is 45.7 Å². The number of anilines is 3. The first-order valence-corrected chi connectivity index (χ1v) is 8.98. The second kappa shape index (κ2) is 7.67. The van der Waals surface area contributed by atoms with Crippen LogP contribution in [0.5, 0.6) is 0 Å². The lowest BCUT2D eigenvalue weighted by molar-refractivity contribution is -0.114. The fourth-order valence-corrected chi connectivity index (χ4v) is 3.09. The van der Waals surface area contributed by atoms with Gasteiger partial charge in [0.25, 0.3) is 0 Å². The Labute approximate surface area is 166 Å². The summed E-state index contributed by atoms with van der Waals surface area (Å²) in [5, 5.41) is 7.34. The Hall–Kier alpha value is -3.42. The maximum absolute atomic E-state index is 11.5. The average Bonchev–Trinajstić information content (AvgIpc) is 3.13. The number of carbonyl (C=O) groups is 1. The topological polar surface area (TPSA) is 109 Å². The van der Waals surface area contributed by atoms with E-state index in [1.54, 1.807) is 18.3 Å². The lowest BCUT2D eigenvalue weighted by Crippen LogP contribution is -2.21. The van der Waals surface area contributed by atoms with Gasteiger partial charge in [-0.15, -0.1) is 0 Å². The second-order valence-corrected chi connectivity index (χ2v) is 6.50. The van der Waals surface area contributed by atoms with E-state index in [0.29, 0.717) is 22.4 Å². The number of fused-ring (bicyclic) bond motifs is 1. The predicted octanol–water partition coefficient (Wildman–Crippen LogP) is 3.92. The van der Waals surface area contributed by atoms with Crippen LogP contribution in [0.4, 0.5) is 17.3 Å². The van der Waals surface area contributed by atoms with Crippen LogP contribution in [0.3, 0.4) is 0 Å². The molecule has 2 aromatic carbocycles. The minimum atomic E-state index is -0.262. The zero-order valence-corrected chi connectivity index (χ0v) is 15.5. The van der Waals surface area contributed by atoms with Gasteiger partial charge in [-0.2, -0.15) is 0 Å². The number of hydrogen-bond donors (Lipinski definition) is 4. The third-order valence-electron chi connectivity index (χ3n) is 4.18. The van der Waals surface area contributed by atoms with Crippen LogP contribution in [0.15, 0.2) is 60.9 Å². The number of amides is 1. The first kappa shape index (κ1) is 18.0. The number of aromatic amines is 1. The molecule has 2 aromatic heterocycles. The summed E-state index contributed by atoms with van der Waals surface area (Å²) in [5.41, 5.74) is 9.22. The molecule has 4 rings (SSSR count). The maximum atomic E-state index is 11.5. The van der Waals surface area contributed by atoms with Gasteiger partial charge in [-0.1, -0.05) is 35.9 Å². The summed E-state index contributed by atoms with van der Waals surface area (Å²) in [4.78, 5) is 23.5. The van der Waals surface area contributed by atoms with Gasteiger partial charge < -0.3 is 21.4 Å². The van der Waals surface area contributed by atoms with E-state index in [4.69, 9.17) is 17.3 Å². The predicted molar refractivity (Wildman–Crippen MR) is 112 cm³/mol. The van der Waals surface area contributed by atoms with Gasteiger partial charge >= 0.3 is 0 Å². The van der Waals surface area contributed by atoms with Crippen molar-refractivity contribution in [1.82, 2.24) is 15.0 Å². The number of aromatic nitrogens is 3. The Kier molecular flexibility index (Phi) is 4.92. The average molecular weight is 393 g/mol. The highest BCUT2D eigenvalue weighted by Gasteiger charge is 2.13. The molecule has 0 bridgehead atoms. The molecule has 8 heteroatoms. The van der Waals surface area contributed by atoms with Crippen molar-refractivity contribution in [3.05, 3.63) is 65.9 Å². The smallest absolute Gasteiger partial charge is 0.238 e. The van der Waals surface area contributed by atoms with Crippen molar-refractivity contribution in [2.45, 2.75) is 0 Å². The normalized spacial score (nSPS) is 10.8. The van der Waals surface area contributed by atoms with Crippen molar-refractivity contribution in [3.8, 4) is 11.3 Å². The van der Waals surface area contributed by atoms with E-state index in [0.717, 1.165) is 22.2 Å². The highest BCUT2D eigenvalue weighted by atomic mass is 35.5. The summed E-state index contributed by atoms with van der Waals surface area (Å²) in [7, 11) is 0. The standard InChI is InChI=1S/C20H17ClN6O/c21-16-11-24-20(26-13-5-3-4-12(8-13)25-18(28)9-22)27-19(16)15-10-23-17-7-2-1-6-14(15)17/h1-8,10-11,23H,9,22H2,(H,25,28)(H,24,26,27). The summed E-state index contributed by atoms with van der Waals surface area (Å²) >= 11 is 6.36. The van der Waals surface area contributed by atoms with Crippen LogP contribution in [-0.4, -0.2) is 27.4 Å². The third-order valence-corrected chi connectivity index (χ3v) is 4.45. The summed E-state index contributed by atoms with van der Waals surface area (Å²) < 4.78 is 0. The quantitative estimate of drug-likeness (QED) is 0.411. The number of halogens is 1. The molecule has 0 saturated carbocycles. The van der Waals surface area contributed by atoms with E-state index in [1.807, 2.05) is 42.6 Å². The summed E-state index contributed by atoms with van der Waals surface area (Å²) in [6.07, 6.45) is 3.44. The molecule has 140 valence electrons. The molecule has 0 aliphatic carbocycles. The summed E-state index contributed by atoms with van der Waals surface area (Å²) in [6, 6.07) is 15.1. The van der Waals surface area contributed by atoms with Gasteiger partial charge in [0, 0.05) is 34.0 Å². The maximum Gasteiger partial charge on any atom is 0.238 e. The molecule has 2 heterocycles. The van der Waals surface area contributed by atoms with Crippen LogP contribution in [-0.2, 0) is 4.79 Å². The number of H-pyrrole nitrogens is 1. The number of benzene rings is 2. The van der Waals surface area contributed by atoms with Crippen molar-refractivity contribution < 1.29 is 4.79 Å². The van der Waals surface area contributed by atoms with E-state index in [2.05, 4.69) is 25.6 Å². The number of carbonyl (C=O) groups excluding carboxylic acids is 1. The van der Waals surface area contributed by atoms with Crippen LogP contribution < -0.4 is 16.4 Å². The Morgan fingerprint density at radius 2 is 1.96 bits per heavy atom. The molecular weight excluding hydrogens is 376 g/mol. The van der Waals surface area contributed by atoms with Gasteiger partial charge in [0.1, 0.15) is 0 Å². The molecular formula is C20H17ClN6O. The number of hydrogen-bond acceptors (Lipinski definition) is 5. The molecule has 5 N–H and O–H groups in total. The molecule has 0 saturated heterocycles. The van der Waals surface area contributed by atoms with E-state index in [-0.39, 0.29) is 12.5 Å². The SMILES string of the molecule is NCC(=O)Nc1cccc(Nc2ncc(Cl)c(-c3c[nH]c4ccccc34)n2)c1. The van der Waals surface area contributed by atoms with E-state index in [9.17, 15) is 4.79 Å². The largest absolute Gasteiger partial charge is 0.360 e.